The first-order valence-corrected chi connectivity index (χ1v) is 8.28. The molecule has 2 heterocycles. The van der Waals surface area contributed by atoms with Crippen molar-refractivity contribution in [3.63, 3.8) is 0 Å². The first-order valence-electron chi connectivity index (χ1n) is 8.28. The minimum atomic E-state index is -1.17. The summed E-state index contributed by atoms with van der Waals surface area (Å²) in [6.07, 6.45) is 1.63. The van der Waals surface area contributed by atoms with Crippen LogP contribution in [0.15, 0.2) is 48.7 Å². The van der Waals surface area contributed by atoms with Gasteiger partial charge in [-0.2, -0.15) is 0 Å². The van der Waals surface area contributed by atoms with Crippen molar-refractivity contribution in [3.05, 3.63) is 65.5 Å². The Bertz CT molecular complexity index is 836. The van der Waals surface area contributed by atoms with E-state index in [1.807, 2.05) is 25.1 Å². The van der Waals surface area contributed by atoms with Gasteiger partial charge in [0, 0.05) is 6.20 Å². The average Bonchev–Trinajstić information content (AvgIpc) is 2.85. The molecule has 1 fully saturated rings. The van der Waals surface area contributed by atoms with E-state index in [4.69, 9.17) is 0 Å². The van der Waals surface area contributed by atoms with Gasteiger partial charge in [-0.05, 0) is 31.5 Å². The zero-order chi connectivity index (χ0) is 18.7. The van der Waals surface area contributed by atoms with Gasteiger partial charge in [0.1, 0.15) is 12.1 Å². The fraction of sp³-hybridized carbons (Fsp3) is 0.263. The molecule has 4 amide bonds. The maximum atomic E-state index is 12.8. The van der Waals surface area contributed by atoms with E-state index in [1.54, 1.807) is 37.4 Å². The summed E-state index contributed by atoms with van der Waals surface area (Å²) in [6, 6.07) is 12.2. The third-order valence-electron chi connectivity index (χ3n) is 4.40. The Morgan fingerprint density at radius 2 is 1.92 bits per heavy atom. The molecule has 26 heavy (non-hydrogen) atoms. The number of aryl methyl sites for hydroxylation is 1. The summed E-state index contributed by atoms with van der Waals surface area (Å²) >= 11 is 0. The highest BCUT2D eigenvalue weighted by Gasteiger charge is 2.49. The van der Waals surface area contributed by atoms with Crippen molar-refractivity contribution in [1.82, 2.24) is 20.5 Å². The van der Waals surface area contributed by atoms with Gasteiger partial charge < -0.3 is 10.6 Å². The molecule has 134 valence electrons. The zero-order valence-electron chi connectivity index (χ0n) is 14.7. The fourth-order valence-corrected chi connectivity index (χ4v) is 2.81. The Kier molecular flexibility index (Phi) is 4.71. The number of pyridine rings is 1. The SMILES string of the molecule is Cc1ccc(C2(C)NC(=O)N(CC(=O)NCc3ccccn3)C2=O)cc1. The molecule has 0 radical (unpaired) electrons. The van der Waals surface area contributed by atoms with Crippen LogP contribution in [0.5, 0.6) is 0 Å². The molecule has 1 aliphatic rings. The van der Waals surface area contributed by atoms with Crippen molar-refractivity contribution in [1.29, 1.82) is 0 Å². The maximum Gasteiger partial charge on any atom is 0.325 e. The molecule has 0 bridgehead atoms. The molecule has 7 heteroatoms. The van der Waals surface area contributed by atoms with Gasteiger partial charge in [0.2, 0.25) is 5.91 Å². The van der Waals surface area contributed by atoms with Gasteiger partial charge >= 0.3 is 6.03 Å². The van der Waals surface area contributed by atoms with Crippen molar-refractivity contribution in [2.75, 3.05) is 6.54 Å². The second kappa shape index (κ2) is 6.95. The van der Waals surface area contributed by atoms with E-state index in [2.05, 4.69) is 15.6 Å². The van der Waals surface area contributed by atoms with Crippen molar-refractivity contribution >= 4 is 17.8 Å². The Labute approximate surface area is 151 Å². The van der Waals surface area contributed by atoms with Crippen LogP contribution in [-0.4, -0.2) is 34.3 Å². The summed E-state index contributed by atoms with van der Waals surface area (Å²) in [7, 11) is 0. The monoisotopic (exact) mass is 352 g/mol. The first-order chi connectivity index (χ1) is 12.4. The molecular formula is C19H20N4O3. The third-order valence-corrected chi connectivity index (χ3v) is 4.40. The molecule has 1 aliphatic heterocycles. The van der Waals surface area contributed by atoms with Gasteiger partial charge in [-0.25, -0.2) is 4.79 Å². The normalized spacial score (nSPS) is 19.4. The van der Waals surface area contributed by atoms with E-state index in [0.717, 1.165) is 10.5 Å². The van der Waals surface area contributed by atoms with Gasteiger partial charge in [0.25, 0.3) is 5.91 Å². The summed E-state index contributed by atoms with van der Waals surface area (Å²) in [5.41, 5.74) is 1.26. The summed E-state index contributed by atoms with van der Waals surface area (Å²) in [5, 5.41) is 5.36. The summed E-state index contributed by atoms with van der Waals surface area (Å²) < 4.78 is 0. The van der Waals surface area contributed by atoms with Crippen LogP contribution >= 0.6 is 0 Å². The number of carbonyl (C=O) groups is 3. The molecular weight excluding hydrogens is 332 g/mol. The Morgan fingerprint density at radius 3 is 2.58 bits per heavy atom. The highest BCUT2D eigenvalue weighted by Crippen LogP contribution is 2.28. The van der Waals surface area contributed by atoms with Gasteiger partial charge in [0.05, 0.1) is 12.2 Å². The number of rotatable bonds is 5. The van der Waals surface area contributed by atoms with Crippen molar-refractivity contribution in [2.24, 2.45) is 0 Å². The molecule has 1 aromatic carbocycles. The number of nitrogens with zero attached hydrogens (tertiary/aromatic N) is 2. The van der Waals surface area contributed by atoms with Crippen LogP contribution in [0.4, 0.5) is 4.79 Å². The zero-order valence-corrected chi connectivity index (χ0v) is 14.7. The summed E-state index contributed by atoms with van der Waals surface area (Å²) in [4.78, 5) is 42.2. The van der Waals surface area contributed by atoms with E-state index in [0.29, 0.717) is 11.3 Å². The molecule has 0 aliphatic carbocycles. The molecule has 1 unspecified atom stereocenters. The molecule has 2 N–H and O–H groups in total. The number of carbonyl (C=O) groups excluding carboxylic acids is 3. The van der Waals surface area contributed by atoms with Crippen LogP contribution in [0.2, 0.25) is 0 Å². The van der Waals surface area contributed by atoms with Crippen molar-refractivity contribution in [2.45, 2.75) is 25.9 Å². The predicted octanol–water partition coefficient (Wildman–Crippen LogP) is 1.47. The average molecular weight is 352 g/mol. The molecule has 0 spiro atoms. The Hall–Kier alpha value is -3.22. The highest BCUT2D eigenvalue weighted by molar-refractivity contribution is 6.09. The van der Waals surface area contributed by atoms with Crippen molar-refractivity contribution < 1.29 is 14.4 Å². The first kappa shape index (κ1) is 17.6. The summed E-state index contributed by atoms with van der Waals surface area (Å²) in [5.74, 6) is -0.869. The quantitative estimate of drug-likeness (QED) is 0.797. The standard InChI is InChI=1S/C19H20N4O3/c1-13-6-8-14(9-7-13)19(2)17(25)23(18(26)22-19)12-16(24)21-11-15-5-3-4-10-20-15/h3-10H,11-12H2,1-2H3,(H,21,24)(H,22,26). The van der Waals surface area contributed by atoms with E-state index in [1.165, 1.54) is 0 Å². The van der Waals surface area contributed by atoms with Gasteiger partial charge in [-0.1, -0.05) is 35.9 Å². The smallest absolute Gasteiger partial charge is 0.325 e. The molecule has 0 saturated carbocycles. The number of aromatic nitrogens is 1. The molecule has 3 rings (SSSR count). The number of imide groups is 1. The second-order valence-electron chi connectivity index (χ2n) is 6.41. The second-order valence-corrected chi connectivity index (χ2v) is 6.41. The lowest BCUT2D eigenvalue weighted by atomic mass is 9.91. The lowest BCUT2D eigenvalue weighted by molar-refractivity contribution is -0.134. The van der Waals surface area contributed by atoms with Crippen LogP contribution in [0.25, 0.3) is 0 Å². The molecule has 7 nitrogen and oxygen atoms in total. The molecule has 1 aromatic heterocycles. The predicted molar refractivity (Wildman–Crippen MR) is 94.9 cm³/mol. The van der Waals surface area contributed by atoms with Gasteiger partial charge in [-0.3, -0.25) is 19.5 Å². The van der Waals surface area contributed by atoms with Gasteiger partial charge in [0.15, 0.2) is 0 Å². The van der Waals surface area contributed by atoms with Crippen LogP contribution in [-0.2, 0) is 21.7 Å². The molecule has 1 atom stereocenters. The van der Waals surface area contributed by atoms with E-state index >= 15 is 0 Å². The number of benzene rings is 1. The van der Waals surface area contributed by atoms with Crippen molar-refractivity contribution in [3.8, 4) is 0 Å². The lowest BCUT2D eigenvalue weighted by Crippen LogP contribution is -2.43. The Balaban J connectivity index is 1.67. The topological polar surface area (TPSA) is 91.4 Å². The van der Waals surface area contributed by atoms with E-state index < -0.39 is 23.4 Å². The van der Waals surface area contributed by atoms with E-state index in [9.17, 15) is 14.4 Å². The minimum Gasteiger partial charge on any atom is -0.349 e. The van der Waals surface area contributed by atoms with Crippen LogP contribution in [0, 0.1) is 6.92 Å². The lowest BCUT2D eigenvalue weighted by Gasteiger charge is -2.22. The number of amides is 4. The largest absolute Gasteiger partial charge is 0.349 e. The van der Waals surface area contributed by atoms with Crippen LogP contribution in [0.3, 0.4) is 0 Å². The van der Waals surface area contributed by atoms with Crippen LogP contribution < -0.4 is 10.6 Å². The Morgan fingerprint density at radius 1 is 1.19 bits per heavy atom. The van der Waals surface area contributed by atoms with Gasteiger partial charge in [-0.15, -0.1) is 0 Å². The number of nitrogens with one attached hydrogen (secondary N) is 2. The highest BCUT2D eigenvalue weighted by atomic mass is 16.2. The molecule has 2 aromatic rings. The summed E-state index contributed by atoms with van der Waals surface area (Å²) in [6.45, 7) is 3.49. The number of hydrogen-bond acceptors (Lipinski definition) is 4. The number of hydrogen-bond donors (Lipinski definition) is 2. The molecule has 1 saturated heterocycles. The minimum absolute atomic E-state index is 0.235. The third kappa shape index (κ3) is 3.42. The van der Waals surface area contributed by atoms with Crippen LogP contribution in [0.1, 0.15) is 23.7 Å². The maximum absolute atomic E-state index is 12.8. The number of urea groups is 1. The fourth-order valence-electron chi connectivity index (χ4n) is 2.81. The van der Waals surface area contributed by atoms with E-state index in [-0.39, 0.29) is 13.1 Å².